The van der Waals surface area contributed by atoms with Gasteiger partial charge in [0.15, 0.2) is 14.9 Å². The molecular formula is C16H24N2O3S. The Labute approximate surface area is 132 Å². The summed E-state index contributed by atoms with van der Waals surface area (Å²) < 4.78 is 25.7. The molecule has 1 heterocycles. The van der Waals surface area contributed by atoms with Gasteiger partial charge in [-0.25, -0.2) is 8.42 Å². The van der Waals surface area contributed by atoms with E-state index in [1.54, 1.807) is 26.0 Å². The molecule has 2 atom stereocenters. The summed E-state index contributed by atoms with van der Waals surface area (Å²) in [4.78, 5) is 4.42. The van der Waals surface area contributed by atoms with Crippen LogP contribution in [0.4, 0.5) is 0 Å². The van der Waals surface area contributed by atoms with Gasteiger partial charge < -0.3 is 5.21 Å². The van der Waals surface area contributed by atoms with E-state index in [1.165, 1.54) is 0 Å². The zero-order valence-electron chi connectivity index (χ0n) is 13.6. The van der Waals surface area contributed by atoms with Crippen molar-refractivity contribution in [3.05, 3.63) is 35.9 Å². The number of rotatable bonds is 4. The van der Waals surface area contributed by atoms with E-state index in [0.29, 0.717) is 12.8 Å². The van der Waals surface area contributed by atoms with E-state index in [1.807, 2.05) is 32.0 Å². The number of hydrogen-bond acceptors (Lipinski definition) is 5. The molecule has 0 saturated heterocycles. The first-order valence-electron chi connectivity index (χ1n) is 7.56. The summed E-state index contributed by atoms with van der Waals surface area (Å²) in [6.45, 7) is 7.23. The highest BCUT2D eigenvalue weighted by Crippen LogP contribution is 2.39. The van der Waals surface area contributed by atoms with Gasteiger partial charge in [-0.2, -0.15) is 5.06 Å². The summed E-state index contributed by atoms with van der Waals surface area (Å²) in [5.41, 5.74) is -1.17. The maximum atomic E-state index is 12.9. The standard InChI is InChI=1S/C16H24N2O3S/c1-5-15(3)14(17-16(4,6-2)18(15)19)22(20,21)12-13-10-8-7-9-11-13/h7-11,19H,5-6,12H2,1-4H3. The molecule has 2 rings (SSSR count). The average molecular weight is 324 g/mol. The number of benzene rings is 1. The van der Waals surface area contributed by atoms with Gasteiger partial charge in [0.2, 0.25) is 0 Å². The molecule has 0 radical (unpaired) electrons. The molecule has 2 unspecified atom stereocenters. The van der Waals surface area contributed by atoms with Crippen LogP contribution in [0.3, 0.4) is 0 Å². The zero-order chi connectivity index (χ0) is 16.6. The predicted molar refractivity (Wildman–Crippen MR) is 87.5 cm³/mol. The second kappa shape index (κ2) is 5.76. The van der Waals surface area contributed by atoms with E-state index in [2.05, 4.69) is 4.99 Å². The summed E-state index contributed by atoms with van der Waals surface area (Å²) in [7, 11) is -3.60. The largest absolute Gasteiger partial charge is 0.311 e. The molecule has 0 fully saturated rings. The Kier molecular flexibility index (Phi) is 4.48. The highest BCUT2D eigenvalue weighted by Gasteiger charge is 2.54. The van der Waals surface area contributed by atoms with Crippen LogP contribution in [0.15, 0.2) is 35.3 Å². The van der Waals surface area contributed by atoms with Gasteiger partial charge in [0.25, 0.3) is 0 Å². The van der Waals surface area contributed by atoms with E-state index in [9.17, 15) is 13.6 Å². The molecule has 0 amide bonds. The second-order valence-corrected chi connectivity index (χ2v) is 8.08. The average Bonchev–Trinajstić information content (AvgIpc) is 2.71. The molecule has 5 nitrogen and oxygen atoms in total. The van der Waals surface area contributed by atoms with Crippen molar-refractivity contribution in [2.45, 2.75) is 57.5 Å². The molecule has 0 spiro atoms. The van der Waals surface area contributed by atoms with Crippen LogP contribution in [-0.2, 0) is 15.6 Å². The minimum atomic E-state index is -3.60. The fraction of sp³-hybridized carbons (Fsp3) is 0.562. The van der Waals surface area contributed by atoms with E-state index in [-0.39, 0.29) is 10.8 Å². The van der Waals surface area contributed by atoms with Gasteiger partial charge in [0.05, 0.1) is 11.3 Å². The van der Waals surface area contributed by atoms with Crippen molar-refractivity contribution in [3.8, 4) is 0 Å². The second-order valence-electron chi connectivity index (χ2n) is 6.17. The maximum absolute atomic E-state index is 12.9. The summed E-state index contributed by atoms with van der Waals surface area (Å²) >= 11 is 0. The Hall–Kier alpha value is -1.24. The third-order valence-electron chi connectivity index (χ3n) is 4.58. The van der Waals surface area contributed by atoms with Gasteiger partial charge in [0, 0.05) is 0 Å². The van der Waals surface area contributed by atoms with E-state index >= 15 is 0 Å². The lowest BCUT2D eigenvalue weighted by Gasteiger charge is -2.37. The normalized spacial score (nSPS) is 29.6. The Morgan fingerprint density at radius 1 is 1.14 bits per heavy atom. The molecule has 6 heteroatoms. The van der Waals surface area contributed by atoms with Crippen LogP contribution in [-0.4, -0.2) is 34.9 Å². The van der Waals surface area contributed by atoms with Crippen molar-refractivity contribution in [1.82, 2.24) is 5.06 Å². The Balaban J connectivity index is 2.46. The summed E-state index contributed by atoms with van der Waals surface area (Å²) in [5, 5.41) is 11.7. The molecule has 0 aliphatic carbocycles. The zero-order valence-corrected chi connectivity index (χ0v) is 14.4. The molecular weight excluding hydrogens is 300 g/mol. The Morgan fingerprint density at radius 3 is 2.23 bits per heavy atom. The third-order valence-corrected chi connectivity index (χ3v) is 6.41. The molecule has 1 aliphatic rings. The first-order valence-corrected chi connectivity index (χ1v) is 9.21. The molecule has 122 valence electrons. The number of aliphatic imine (C=N–C) groups is 1. The van der Waals surface area contributed by atoms with E-state index < -0.39 is 21.0 Å². The molecule has 1 aromatic rings. The smallest absolute Gasteiger partial charge is 0.197 e. The number of sulfone groups is 1. The number of nitrogens with zero attached hydrogens (tertiary/aromatic N) is 2. The highest BCUT2D eigenvalue weighted by atomic mass is 32.2. The number of hydroxylamine groups is 2. The van der Waals surface area contributed by atoms with Gasteiger partial charge in [-0.1, -0.05) is 44.2 Å². The summed E-state index contributed by atoms with van der Waals surface area (Å²) in [6, 6.07) is 9.05. The predicted octanol–water partition coefficient (Wildman–Crippen LogP) is 3.00. The summed E-state index contributed by atoms with van der Waals surface area (Å²) in [5.74, 6) is -0.101. The number of hydrogen-bond donors (Lipinski definition) is 1. The van der Waals surface area contributed by atoms with Crippen LogP contribution in [0.25, 0.3) is 0 Å². The molecule has 1 N–H and O–H groups in total. The lowest BCUT2D eigenvalue weighted by Crippen LogP contribution is -2.54. The van der Waals surface area contributed by atoms with Gasteiger partial charge >= 0.3 is 0 Å². The first kappa shape index (κ1) is 17.1. The lowest BCUT2D eigenvalue weighted by molar-refractivity contribution is -0.199. The monoisotopic (exact) mass is 324 g/mol. The van der Waals surface area contributed by atoms with Crippen molar-refractivity contribution in [3.63, 3.8) is 0 Å². The highest BCUT2D eigenvalue weighted by molar-refractivity contribution is 8.06. The SMILES string of the molecule is CCC1(C)N=C(S(=O)(=O)Cc2ccccc2)C(C)(CC)N1O. The third kappa shape index (κ3) is 2.71. The van der Waals surface area contributed by atoms with Gasteiger partial charge in [-0.3, -0.25) is 4.99 Å². The Morgan fingerprint density at radius 2 is 1.73 bits per heavy atom. The van der Waals surface area contributed by atoms with Crippen molar-refractivity contribution in [1.29, 1.82) is 0 Å². The van der Waals surface area contributed by atoms with E-state index in [4.69, 9.17) is 0 Å². The first-order chi connectivity index (χ1) is 10.2. The molecule has 22 heavy (non-hydrogen) atoms. The molecule has 0 bridgehead atoms. The van der Waals surface area contributed by atoms with E-state index in [0.717, 1.165) is 10.6 Å². The molecule has 1 aromatic carbocycles. The quantitative estimate of drug-likeness (QED) is 0.924. The topological polar surface area (TPSA) is 70.0 Å². The maximum Gasteiger partial charge on any atom is 0.197 e. The van der Waals surface area contributed by atoms with Gasteiger partial charge in [-0.05, 0) is 32.3 Å². The molecule has 0 aromatic heterocycles. The fourth-order valence-corrected chi connectivity index (χ4v) is 4.81. The van der Waals surface area contributed by atoms with Crippen LogP contribution < -0.4 is 0 Å². The van der Waals surface area contributed by atoms with Crippen LogP contribution in [0.1, 0.15) is 46.1 Å². The van der Waals surface area contributed by atoms with Crippen LogP contribution >= 0.6 is 0 Å². The molecule has 0 saturated carbocycles. The minimum Gasteiger partial charge on any atom is -0.311 e. The van der Waals surface area contributed by atoms with Crippen LogP contribution in [0.2, 0.25) is 0 Å². The van der Waals surface area contributed by atoms with Crippen molar-refractivity contribution in [2.75, 3.05) is 0 Å². The van der Waals surface area contributed by atoms with Gasteiger partial charge in [-0.15, -0.1) is 0 Å². The molecule has 1 aliphatic heterocycles. The van der Waals surface area contributed by atoms with Gasteiger partial charge in [0.1, 0.15) is 5.66 Å². The Bertz CT molecular complexity index is 672. The van der Waals surface area contributed by atoms with Crippen molar-refractivity contribution >= 4 is 14.9 Å². The minimum absolute atomic E-state index is 0.0817. The van der Waals surface area contributed by atoms with Crippen LogP contribution in [0, 0.1) is 0 Å². The summed E-state index contributed by atoms with van der Waals surface area (Å²) in [6.07, 6.45) is 0.995. The van der Waals surface area contributed by atoms with Crippen LogP contribution in [0.5, 0.6) is 0 Å². The fourth-order valence-electron chi connectivity index (χ4n) is 2.81. The lowest BCUT2D eigenvalue weighted by atomic mass is 9.99. The van der Waals surface area contributed by atoms with Crippen molar-refractivity contribution in [2.24, 2.45) is 4.99 Å². The van der Waals surface area contributed by atoms with Crippen molar-refractivity contribution < 1.29 is 13.6 Å².